The third-order valence-electron chi connectivity index (χ3n) is 5.31. The highest BCUT2D eigenvalue weighted by Gasteiger charge is 2.43. The van der Waals surface area contributed by atoms with Crippen molar-refractivity contribution >= 4 is 11.8 Å². The van der Waals surface area contributed by atoms with Crippen molar-refractivity contribution in [2.24, 2.45) is 0 Å². The van der Waals surface area contributed by atoms with Crippen LogP contribution in [0.25, 0.3) is 0 Å². The first-order chi connectivity index (χ1) is 14.5. The van der Waals surface area contributed by atoms with Gasteiger partial charge >= 0.3 is 0 Å². The molecule has 0 unspecified atom stereocenters. The van der Waals surface area contributed by atoms with Crippen LogP contribution in [0.3, 0.4) is 0 Å². The van der Waals surface area contributed by atoms with Crippen LogP contribution in [0.15, 0.2) is 36.7 Å². The molecule has 3 rings (SSSR count). The Balaban J connectivity index is 2.10. The smallest absolute Gasteiger partial charge is 0.254 e. The highest BCUT2D eigenvalue weighted by atomic mass is 16.5. The summed E-state index contributed by atoms with van der Waals surface area (Å²) in [5, 5.41) is 2.98. The number of benzene rings is 1. The van der Waals surface area contributed by atoms with Gasteiger partial charge in [0.25, 0.3) is 5.91 Å². The lowest BCUT2D eigenvalue weighted by Crippen LogP contribution is -2.46. The van der Waals surface area contributed by atoms with E-state index in [1.54, 1.807) is 49.7 Å². The van der Waals surface area contributed by atoms with Crippen molar-refractivity contribution in [1.29, 1.82) is 0 Å². The molecular weight excluding hydrogens is 386 g/mol. The van der Waals surface area contributed by atoms with E-state index in [4.69, 9.17) is 14.2 Å². The zero-order chi connectivity index (χ0) is 21.7. The molecule has 0 saturated carbocycles. The maximum absolute atomic E-state index is 13.3. The first kappa shape index (κ1) is 21.6. The molecular formula is C22H27N3O5. The Morgan fingerprint density at radius 2 is 1.93 bits per heavy atom. The van der Waals surface area contributed by atoms with Crippen LogP contribution in [0, 0.1) is 0 Å². The lowest BCUT2D eigenvalue weighted by atomic mass is 9.79. The molecule has 1 aromatic carbocycles. The number of aromatic nitrogens is 1. The Morgan fingerprint density at radius 1 is 1.20 bits per heavy atom. The molecule has 0 spiro atoms. The maximum atomic E-state index is 13.3. The molecule has 8 nitrogen and oxygen atoms in total. The van der Waals surface area contributed by atoms with Crippen LogP contribution < -0.4 is 14.8 Å². The second-order valence-corrected chi connectivity index (χ2v) is 7.06. The Hall–Kier alpha value is -3.13. The summed E-state index contributed by atoms with van der Waals surface area (Å²) in [7, 11) is 6.36. The zero-order valence-electron chi connectivity index (χ0n) is 17.7. The summed E-state index contributed by atoms with van der Waals surface area (Å²) in [6.45, 7) is 1.03. The number of carbonyl (C=O) groups excluding carboxylic acids is 2. The van der Waals surface area contributed by atoms with E-state index in [0.29, 0.717) is 42.2 Å². The van der Waals surface area contributed by atoms with Crippen molar-refractivity contribution in [3.8, 4) is 11.5 Å². The van der Waals surface area contributed by atoms with Gasteiger partial charge in [0.1, 0.15) is 0 Å². The van der Waals surface area contributed by atoms with Crippen molar-refractivity contribution < 1.29 is 23.8 Å². The lowest BCUT2D eigenvalue weighted by molar-refractivity contribution is -0.124. The monoisotopic (exact) mass is 413 g/mol. The van der Waals surface area contributed by atoms with Gasteiger partial charge in [-0.15, -0.1) is 0 Å². The number of ether oxygens (including phenoxy) is 3. The number of nitrogens with zero attached hydrogens (tertiary/aromatic N) is 2. The van der Waals surface area contributed by atoms with Crippen LogP contribution in [-0.4, -0.2) is 63.2 Å². The summed E-state index contributed by atoms with van der Waals surface area (Å²) in [6.07, 6.45) is 4.04. The number of pyridine rings is 1. The fourth-order valence-electron chi connectivity index (χ4n) is 3.84. The van der Waals surface area contributed by atoms with Crippen molar-refractivity contribution in [2.45, 2.75) is 18.4 Å². The van der Waals surface area contributed by atoms with Gasteiger partial charge < -0.3 is 24.4 Å². The van der Waals surface area contributed by atoms with Crippen LogP contribution in [0.4, 0.5) is 0 Å². The third kappa shape index (κ3) is 4.09. The molecule has 0 aliphatic carbocycles. The third-order valence-corrected chi connectivity index (χ3v) is 5.31. The molecule has 1 aliphatic rings. The second kappa shape index (κ2) is 9.58. The average Bonchev–Trinajstić information content (AvgIpc) is 2.78. The number of likely N-dealkylation sites (N-methyl/N-ethyl adjacent to an activating group) is 1. The molecule has 1 aromatic heterocycles. The molecule has 0 bridgehead atoms. The predicted molar refractivity (Wildman–Crippen MR) is 111 cm³/mol. The van der Waals surface area contributed by atoms with Crippen molar-refractivity contribution in [1.82, 2.24) is 15.2 Å². The Morgan fingerprint density at radius 3 is 2.57 bits per heavy atom. The molecule has 1 aliphatic heterocycles. The van der Waals surface area contributed by atoms with Gasteiger partial charge in [-0.05, 0) is 35.7 Å². The normalized spacial score (nSPS) is 18.0. The maximum Gasteiger partial charge on any atom is 0.254 e. The molecule has 8 heteroatoms. The molecule has 1 N–H and O–H groups in total. The molecule has 2 amide bonds. The van der Waals surface area contributed by atoms with Gasteiger partial charge in [0.05, 0.1) is 26.2 Å². The summed E-state index contributed by atoms with van der Waals surface area (Å²) < 4.78 is 15.9. The lowest BCUT2D eigenvalue weighted by Gasteiger charge is -2.39. The van der Waals surface area contributed by atoms with Crippen molar-refractivity contribution in [2.75, 3.05) is 41.5 Å². The minimum atomic E-state index is -0.630. The molecule has 0 fully saturated rings. The van der Waals surface area contributed by atoms with Gasteiger partial charge in [0.15, 0.2) is 11.5 Å². The van der Waals surface area contributed by atoms with Gasteiger partial charge in [-0.25, -0.2) is 0 Å². The summed E-state index contributed by atoms with van der Waals surface area (Å²) in [5.41, 5.74) is 1.81. The number of hydrogen-bond acceptors (Lipinski definition) is 6. The van der Waals surface area contributed by atoms with E-state index in [9.17, 15) is 9.59 Å². The van der Waals surface area contributed by atoms with E-state index in [1.807, 2.05) is 6.07 Å². The minimum Gasteiger partial charge on any atom is -0.493 e. The number of carbonyl (C=O) groups is 2. The largest absolute Gasteiger partial charge is 0.493 e. The topological polar surface area (TPSA) is 90.0 Å². The van der Waals surface area contributed by atoms with Gasteiger partial charge in [-0.2, -0.15) is 0 Å². The Labute approximate surface area is 176 Å². The van der Waals surface area contributed by atoms with Crippen LogP contribution in [0.1, 0.15) is 39.9 Å². The highest BCUT2D eigenvalue weighted by molar-refractivity contribution is 6.02. The number of hydrogen-bond donors (Lipinski definition) is 1. The predicted octanol–water partition coefficient (Wildman–Crippen LogP) is 2.16. The number of fused-ring (bicyclic) bond motifs is 1. The standard InChI is InChI=1S/C22H27N3O5/c1-25-20(14-7-5-8-23-13-14)19(21(26)24-9-6-10-28-2)15-11-17(29-3)18(30-4)12-16(15)22(25)27/h5,7-8,11-13,19-20H,6,9-10H2,1-4H3,(H,24,26)/t19-,20+/m0/s1. The quantitative estimate of drug-likeness (QED) is 0.667. The first-order valence-corrected chi connectivity index (χ1v) is 9.73. The highest BCUT2D eigenvalue weighted by Crippen LogP contribution is 2.45. The summed E-state index contributed by atoms with van der Waals surface area (Å²) in [4.78, 5) is 32.3. The fraction of sp³-hybridized carbons (Fsp3) is 0.409. The van der Waals surface area contributed by atoms with Crippen LogP contribution in [0.5, 0.6) is 11.5 Å². The van der Waals surface area contributed by atoms with Gasteiger partial charge in [0, 0.05) is 45.3 Å². The van der Waals surface area contributed by atoms with Crippen molar-refractivity contribution in [3.05, 3.63) is 53.3 Å². The molecule has 2 heterocycles. The van der Waals surface area contributed by atoms with E-state index in [-0.39, 0.29) is 11.8 Å². The molecule has 0 radical (unpaired) electrons. The van der Waals surface area contributed by atoms with Gasteiger partial charge in [-0.1, -0.05) is 6.07 Å². The summed E-state index contributed by atoms with van der Waals surface area (Å²) in [6, 6.07) is 6.53. The number of amides is 2. The van der Waals surface area contributed by atoms with Crippen LogP contribution in [0.2, 0.25) is 0 Å². The average molecular weight is 413 g/mol. The first-order valence-electron chi connectivity index (χ1n) is 9.73. The summed E-state index contributed by atoms with van der Waals surface area (Å²) in [5.74, 6) is -0.0851. The number of rotatable bonds is 8. The van der Waals surface area contributed by atoms with Crippen LogP contribution in [-0.2, 0) is 9.53 Å². The number of methoxy groups -OCH3 is 3. The van der Waals surface area contributed by atoms with Crippen molar-refractivity contribution in [3.63, 3.8) is 0 Å². The zero-order valence-corrected chi connectivity index (χ0v) is 17.7. The van der Waals surface area contributed by atoms with Crippen LogP contribution >= 0.6 is 0 Å². The van der Waals surface area contributed by atoms with Gasteiger partial charge in [0.2, 0.25) is 5.91 Å². The Bertz CT molecular complexity index is 903. The summed E-state index contributed by atoms with van der Waals surface area (Å²) >= 11 is 0. The fourth-order valence-corrected chi connectivity index (χ4v) is 3.84. The molecule has 2 atom stereocenters. The SMILES string of the molecule is COCCCNC(=O)[C@H]1c2cc(OC)c(OC)cc2C(=O)N(C)[C@@H]1c1cccnc1. The number of nitrogens with one attached hydrogen (secondary N) is 1. The van der Waals surface area contributed by atoms with E-state index in [0.717, 1.165) is 5.56 Å². The molecule has 0 saturated heterocycles. The van der Waals surface area contributed by atoms with E-state index in [2.05, 4.69) is 10.3 Å². The molecule has 30 heavy (non-hydrogen) atoms. The molecule has 2 aromatic rings. The minimum absolute atomic E-state index is 0.173. The van der Waals surface area contributed by atoms with E-state index in [1.165, 1.54) is 14.2 Å². The van der Waals surface area contributed by atoms with E-state index >= 15 is 0 Å². The Kier molecular flexibility index (Phi) is 6.89. The second-order valence-electron chi connectivity index (χ2n) is 7.06. The molecule has 160 valence electrons. The van der Waals surface area contributed by atoms with E-state index < -0.39 is 12.0 Å². The van der Waals surface area contributed by atoms with Gasteiger partial charge in [-0.3, -0.25) is 14.6 Å².